The SMILES string of the molecule is CS(=O)(=O)N(CC(=O)NCCCN1CCCCC1)c1cccc(F)c1. The Kier molecular flexibility index (Phi) is 7.19. The smallest absolute Gasteiger partial charge is 0.240 e. The molecule has 1 amide bonds. The lowest BCUT2D eigenvalue weighted by atomic mass is 10.1. The number of hydrogen-bond donors (Lipinski definition) is 1. The fraction of sp³-hybridized carbons (Fsp3) is 0.588. The van der Waals surface area contributed by atoms with Crippen molar-refractivity contribution in [3.8, 4) is 0 Å². The van der Waals surface area contributed by atoms with Gasteiger partial charge in [0.25, 0.3) is 0 Å². The second-order valence-electron chi connectivity index (χ2n) is 6.36. The van der Waals surface area contributed by atoms with Crippen LogP contribution < -0.4 is 9.62 Å². The van der Waals surface area contributed by atoms with Crippen molar-refractivity contribution in [2.75, 3.05) is 43.3 Å². The quantitative estimate of drug-likeness (QED) is 0.705. The van der Waals surface area contributed by atoms with Crippen LogP contribution in [-0.4, -0.2) is 58.2 Å². The van der Waals surface area contributed by atoms with E-state index in [1.54, 1.807) is 0 Å². The third kappa shape index (κ3) is 6.62. The van der Waals surface area contributed by atoms with Crippen LogP contribution in [0, 0.1) is 5.82 Å². The molecule has 1 saturated heterocycles. The molecule has 0 spiro atoms. The predicted molar refractivity (Wildman–Crippen MR) is 96.5 cm³/mol. The second kappa shape index (κ2) is 9.15. The number of halogens is 1. The number of sulfonamides is 1. The molecule has 0 saturated carbocycles. The molecule has 1 aromatic carbocycles. The molecule has 1 fully saturated rings. The van der Waals surface area contributed by atoms with Crippen LogP contribution in [0.5, 0.6) is 0 Å². The minimum atomic E-state index is -3.68. The summed E-state index contributed by atoms with van der Waals surface area (Å²) in [5, 5.41) is 2.74. The molecule has 6 nitrogen and oxygen atoms in total. The summed E-state index contributed by atoms with van der Waals surface area (Å²) in [5.74, 6) is -0.943. The van der Waals surface area contributed by atoms with Gasteiger partial charge in [-0.1, -0.05) is 12.5 Å². The van der Waals surface area contributed by atoms with Gasteiger partial charge >= 0.3 is 0 Å². The number of hydrogen-bond acceptors (Lipinski definition) is 4. The lowest BCUT2D eigenvalue weighted by molar-refractivity contribution is -0.119. The van der Waals surface area contributed by atoms with Gasteiger partial charge in [-0.3, -0.25) is 9.10 Å². The van der Waals surface area contributed by atoms with Gasteiger partial charge in [0.2, 0.25) is 15.9 Å². The minimum absolute atomic E-state index is 0.144. The average Bonchev–Trinajstić information content (AvgIpc) is 2.56. The molecule has 1 N–H and O–H groups in total. The standard InChI is InChI=1S/C17H26FN3O3S/c1-25(23,24)21(16-8-5-7-15(18)13-16)14-17(22)19-9-6-12-20-10-3-2-4-11-20/h5,7-8,13H,2-4,6,9-12,14H2,1H3,(H,19,22). The highest BCUT2D eigenvalue weighted by Gasteiger charge is 2.21. The van der Waals surface area contributed by atoms with Gasteiger partial charge in [-0.2, -0.15) is 0 Å². The van der Waals surface area contributed by atoms with Crippen molar-refractivity contribution >= 4 is 21.6 Å². The summed E-state index contributed by atoms with van der Waals surface area (Å²) in [6.45, 7) is 3.28. The maximum atomic E-state index is 13.4. The number of rotatable bonds is 8. The van der Waals surface area contributed by atoms with E-state index in [0.29, 0.717) is 6.54 Å². The van der Waals surface area contributed by atoms with Crippen molar-refractivity contribution < 1.29 is 17.6 Å². The van der Waals surface area contributed by atoms with E-state index < -0.39 is 21.7 Å². The van der Waals surface area contributed by atoms with E-state index >= 15 is 0 Å². The van der Waals surface area contributed by atoms with Gasteiger partial charge in [-0.05, 0) is 57.1 Å². The number of carbonyl (C=O) groups excluding carboxylic acids is 1. The normalized spacial score (nSPS) is 15.8. The Morgan fingerprint density at radius 1 is 1.28 bits per heavy atom. The van der Waals surface area contributed by atoms with Crippen molar-refractivity contribution in [3.63, 3.8) is 0 Å². The lowest BCUT2D eigenvalue weighted by Crippen LogP contribution is -2.41. The van der Waals surface area contributed by atoms with Crippen LogP contribution >= 0.6 is 0 Å². The van der Waals surface area contributed by atoms with Crippen molar-refractivity contribution in [1.82, 2.24) is 10.2 Å². The molecule has 8 heteroatoms. The Hall–Kier alpha value is -1.67. The molecule has 25 heavy (non-hydrogen) atoms. The van der Waals surface area contributed by atoms with E-state index in [1.165, 1.54) is 37.5 Å². The second-order valence-corrected chi connectivity index (χ2v) is 8.26. The summed E-state index contributed by atoms with van der Waals surface area (Å²) in [7, 11) is -3.68. The average molecular weight is 371 g/mol. The zero-order valence-electron chi connectivity index (χ0n) is 14.6. The van der Waals surface area contributed by atoms with Crippen LogP contribution in [0.3, 0.4) is 0 Å². The van der Waals surface area contributed by atoms with Gasteiger partial charge < -0.3 is 10.2 Å². The fourth-order valence-electron chi connectivity index (χ4n) is 2.93. The van der Waals surface area contributed by atoms with Crippen molar-refractivity contribution in [3.05, 3.63) is 30.1 Å². The zero-order valence-corrected chi connectivity index (χ0v) is 15.4. The van der Waals surface area contributed by atoms with E-state index in [0.717, 1.165) is 42.7 Å². The van der Waals surface area contributed by atoms with Crippen LogP contribution in [0.15, 0.2) is 24.3 Å². The number of amides is 1. The highest BCUT2D eigenvalue weighted by Crippen LogP contribution is 2.18. The summed E-state index contributed by atoms with van der Waals surface area (Å²) < 4.78 is 38.1. The number of likely N-dealkylation sites (tertiary alicyclic amines) is 1. The predicted octanol–water partition coefficient (Wildman–Crippen LogP) is 1.58. The first-order chi connectivity index (χ1) is 11.9. The summed E-state index contributed by atoms with van der Waals surface area (Å²) >= 11 is 0. The van der Waals surface area contributed by atoms with Crippen molar-refractivity contribution in [2.45, 2.75) is 25.7 Å². The van der Waals surface area contributed by atoms with Gasteiger partial charge in [0, 0.05) is 6.54 Å². The molecule has 1 aliphatic rings. The summed E-state index contributed by atoms with van der Waals surface area (Å²) in [4.78, 5) is 14.5. The molecule has 1 heterocycles. The largest absolute Gasteiger partial charge is 0.354 e. The molecule has 1 aromatic rings. The van der Waals surface area contributed by atoms with Gasteiger partial charge in [-0.15, -0.1) is 0 Å². The third-order valence-corrected chi connectivity index (χ3v) is 5.35. The Bertz CT molecular complexity index is 675. The molecule has 0 aliphatic carbocycles. The van der Waals surface area contributed by atoms with Crippen LogP contribution in [0.2, 0.25) is 0 Å². The number of anilines is 1. The Morgan fingerprint density at radius 2 is 2.00 bits per heavy atom. The molecule has 2 rings (SSSR count). The van der Waals surface area contributed by atoms with Crippen LogP contribution in [0.4, 0.5) is 10.1 Å². The Labute approximate surface area is 149 Å². The number of carbonyl (C=O) groups is 1. The first-order valence-corrected chi connectivity index (χ1v) is 10.4. The van der Waals surface area contributed by atoms with Crippen molar-refractivity contribution in [1.29, 1.82) is 0 Å². The lowest BCUT2D eigenvalue weighted by Gasteiger charge is -2.26. The summed E-state index contributed by atoms with van der Waals surface area (Å²) in [6, 6.07) is 5.21. The number of nitrogens with one attached hydrogen (secondary N) is 1. The molecule has 1 aliphatic heterocycles. The van der Waals surface area contributed by atoms with E-state index in [9.17, 15) is 17.6 Å². The third-order valence-electron chi connectivity index (χ3n) is 4.21. The maximum absolute atomic E-state index is 13.4. The Balaban J connectivity index is 1.83. The molecule has 0 atom stereocenters. The minimum Gasteiger partial charge on any atom is -0.354 e. The Morgan fingerprint density at radius 3 is 2.64 bits per heavy atom. The van der Waals surface area contributed by atoms with E-state index in [-0.39, 0.29) is 12.2 Å². The molecule has 0 bridgehead atoms. The number of nitrogens with zero attached hydrogens (tertiary/aromatic N) is 2. The molecule has 0 unspecified atom stereocenters. The van der Waals surface area contributed by atoms with Crippen LogP contribution in [-0.2, 0) is 14.8 Å². The van der Waals surface area contributed by atoms with E-state index in [2.05, 4.69) is 10.2 Å². The van der Waals surface area contributed by atoms with Gasteiger partial charge in [-0.25, -0.2) is 12.8 Å². The molecule has 0 radical (unpaired) electrons. The summed E-state index contributed by atoms with van der Waals surface area (Å²) in [6.07, 6.45) is 5.56. The van der Waals surface area contributed by atoms with Gasteiger partial charge in [0.15, 0.2) is 0 Å². The highest BCUT2D eigenvalue weighted by molar-refractivity contribution is 7.92. The number of piperidine rings is 1. The topological polar surface area (TPSA) is 69.7 Å². The first-order valence-electron chi connectivity index (χ1n) is 8.58. The van der Waals surface area contributed by atoms with Crippen molar-refractivity contribution in [2.24, 2.45) is 0 Å². The first kappa shape index (κ1) is 19.7. The molecule has 140 valence electrons. The zero-order chi connectivity index (χ0) is 18.3. The molecular weight excluding hydrogens is 345 g/mol. The van der Waals surface area contributed by atoms with E-state index in [1.807, 2.05) is 0 Å². The molecular formula is C17H26FN3O3S. The maximum Gasteiger partial charge on any atom is 0.240 e. The molecule has 0 aromatic heterocycles. The monoisotopic (exact) mass is 371 g/mol. The van der Waals surface area contributed by atoms with E-state index in [4.69, 9.17) is 0 Å². The number of benzene rings is 1. The highest BCUT2D eigenvalue weighted by atomic mass is 32.2. The summed E-state index contributed by atoms with van der Waals surface area (Å²) in [5.41, 5.74) is 0.144. The van der Waals surface area contributed by atoms with Crippen LogP contribution in [0.1, 0.15) is 25.7 Å². The van der Waals surface area contributed by atoms with Gasteiger partial charge in [0.05, 0.1) is 11.9 Å². The van der Waals surface area contributed by atoms with Crippen LogP contribution in [0.25, 0.3) is 0 Å². The fourth-order valence-corrected chi connectivity index (χ4v) is 3.78. The van der Waals surface area contributed by atoms with Gasteiger partial charge in [0.1, 0.15) is 12.4 Å².